The van der Waals surface area contributed by atoms with E-state index in [2.05, 4.69) is 0 Å². The van der Waals surface area contributed by atoms with Crippen LogP contribution in [0.3, 0.4) is 0 Å². The van der Waals surface area contributed by atoms with E-state index in [1.54, 1.807) is 0 Å². The first kappa shape index (κ1) is 16.1. The zero-order valence-corrected chi connectivity index (χ0v) is 11.7. The third-order valence-corrected chi connectivity index (χ3v) is 4.46. The highest BCUT2D eigenvalue weighted by atomic mass is 16.6. The van der Waals surface area contributed by atoms with E-state index in [-0.39, 0.29) is 0 Å². The lowest BCUT2D eigenvalue weighted by molar-refractivity contribution is -0.164. The van der Waals surface area contributed by atoms with Crippen LogP contribution in [-0.4, -0.2) is 56.0 Å². The number of carboxylic acids is 3. The van der Waals surface area contributed by atoms with Gasteiger partial charge in [-0.05, 0) is 13.8 Å². The second-order valence-corrected chi connectivity index (χ2v) is 5.79. The van der Waals surface area contributed by atoms with E-state index in [0.29, 0.717) is 0 Å². The number of aliphatic carboxylic acids is 3. The second kappa shape index (κ2) is 4.60. The fourth-order valence-electron chi connectivity index (χ4n) is 3.84. The van der Waals surface area contributed by atoms with Gasteiger partial charge in [0.25, 0.3) is 0 Å². The molecule has 2 heterocycles. The predicted octanol–water partition coefficient (Wildman–Crippen LogP) is -0.822. The highest BCUT2D eigenvalue weighted by Gasteiger charge is 2.79. The average Bonchev–Trinajstić information content (AvgIpc) is 2.69. The summed E-state index contributed by atoms with van der Waals surface area (Å²) in [5.74, 6) is -11.4. The number of hydrogen-bond donors (Lipinski definition) is 3. The molecule has 2 saturated heterocycles. The molecule has 0 amide bonds. The van der Waals surface area contributed by atoms with Gasteiger partial charge in [-0.2, -0.15) is 0 Å². The third-order valence-electron chi connectivity index (χ3n) is 4.46. The Kier molecular flexibility index (Phi) is 3.36. The number of rotatable bonds is 5. The van der Waals surface area contributed by atoms with Gasteiger partial charge >= 0.3 is 17.9 Å². The molecule has 0 spiro atoms. The average molecular weight is 314 g/mol. The summed E-state index contributed by atoms with van der Waals surface area (Å²) in [5, 5.41) is 27.6. The van der Waals surface area contributed by atoms with E-state index in [1.165, 1.54) is 6.92 Å². The van der Waals surface area contributed by atoms with Crippen molar-refractivity contribution >= 4 is 29.5 Å². The third kappa shape index (κ3) is 1.78. The van der Waals surface area contributed by atoms with Crippen LogP contribution in [0.1, 0.15) is 20.3 Å². The Morgan fingerprint density at radius 1 is 1.09 bits per heavy atom. The standard InChI is InChI=1S/C13H14O9/c1-4(14)6-9(17)13(3-5(15)16)8(11(20)21)7(10(18)19)12(6,2)22-13/h6-8H,3H2,1-2H3,(H,15,16)(H,18,19)(H,20,21). The van der Waals surface area contributed by atoms with E-state index in [0.717, 1.165) is 6.92 Å². The Labute approximate surface area is 123 Å². The SMILES string of the molecule is CC(=O)C1C(=O)C2(CC(=O)O)OC1(C)C(C(=O)O)C2C(=O)O. The molecule has 2 aliphatic heterocycles. The van der Waals surface area contributed by atoms with E-state index in [4.69, 9.17) is 9.84 Å². The summed E-state index contributed by atoms with van der Waals surface area (Å²) in [7, 11) is 0. The summed E-state index contributed by atoms with van der Waals surface area (Å²) in [6.45, 7) is 2.23. The number of Topliss-reactive ketones (excluding diaryl/α,β-unsaturated/α-hetero) is 2. The van der Waals surface area contributed by atoms with Gasteiger partial charge in [0.2, 0.25) is 0 Å². The molecule has 3 N–H and O–H groups in total. The van der Waals surface area contributed by atoms with Gasteiger partial charge < -0.3 is 20.1 Å². The maximum absolute atomic E-state index is 12.5. The molecule has 0 aromatic heterocycles. The summed E-state index contributed by atoms with van der Waals surface area (Å²) >= 11 is 0. The van der Waals surface area contributed by atoms with E-state index < -0.39 is 64.9 Å². The summed E-state index contributed by atoms with van der Waals surface area (Å²) in [4.78, 5) is 58.3. The van der Waals surface area contributed by atoms with Crippen molar-refractivity contribution in [2.45, 2.75) is 31.5 Å². The Morgan fingerprint density at radius 2 is 1.59 bits per heavy atom. The quantitative estimate of drug-likeness (QED) is 0.551. The fourth-order valence-corrected chi connectivity index (χ4v) is 3.84. The molecule has 2 aliphatic rings. The highest BCUT2D eigenvalue weighted by molar-refractivity contribution is 6.13. The van der Waals surface area contributed by atoms with Gasteiger partial charge in [0, 0.05) is 0 Å². The van der Waals surface area contributed by atoms with Gasteiger partial charge in [-0.25, -0.2) is 0 Å². The molecule has 5 unspecified atom stereocenters. The van der Waals surface area contributed by atoms with Crippen LogP contribution in [0.4, 0.5) is 0 Å². The molecule has 2 bridgehead atoms. The molecule has 2 rings (SSSR count). The highest BCUT2D eigenvalue weighted by Crippen LogP contribution is 2.60. The first-order valence-corrected chi connectivity index (χ1v) is 6.41. The molecule has 5 atom stereocenters. The van der Waals surface area contributed by atoms with Crippen molar-refractivity contribution in [3.05, 3.63) is 0 Å². The Bertz CT molecular complexity index is 609. The molecule has 0 aliphatic carbocycles. The second-order valence-electron chi connectivity index (χ2n) is 5.79. The van der Waals surface area contributed by atoms with Crippen molar-refractivity contribution in [1.82, 2.24) is 0 Å². The molecule has 0 saturated carbocycles. The van der Waals surface area contributed by atoms with Crippen molar-refractivity contribution in [3.8, 4) is 0 Å². The minimum Gasteiger partial charge on any atom is -0.481 e. The Hall–Kier alpha value is -2.29. The van der Waals surface area contributed by atoms with Gasteiger partial charge in [-0.3, -0.25) is 24.0 Å². The van der Waals surface area contributed by atoms with Crippen LogP contribution >= 0.6 is 0 Å². The first-order chi connectivity index (χ1) is 9.99. The predicted molar refractivity (Wildman–Crippen MR) is 65.9 cm³/mol. The zero-order valence-electron chi connectivity index (χ0n) is 11.7. The molecule has 2 fully saturated rings. The minimum atomic E-state index is -2.34. The van der Waals surface area contributed by atoms with Gasteiger partial charge in [-0.1, -0.05) is 0 Å². The maximum atomic E-state index is 12.5. The monoisotopic (exact) mass is 314 g/mol. The van der Waals surface area contributed by atoms with Crippen LogP contribution in [0.5, 0.6) is 0 Å². The molecule has 9 nitrogen and oxygen atoms in total. The van der Waals surface area contributed by atoms with Crippen molar-refractivity contribution in [3.63, 3.8) is 0 Å². The van der Waals surface area contributed by atoms with Crippen LogP contribution in [0.2, 0.25) is 0 Å². The Morgan fingerprint density at radius 3 is 1.95 bits per heavy atom. The molecular weight excluding hydrogens is 300 g/mol. The Balaban J connectivity index is 2.70. The summed E-state index contributed by atoms with van der Waals surface area (Å²) in [6.07, 6.45) is -1.01. The largest absolute Gasteiger partial charge is 0.481 e. The van der Waals surface area contributed by atoms with Crippen LogP contribution in [-0.2, 0) is 28.7 Å². The number of ketones is 2. The number of carbonyl (C=O) groups is 5. The number of fused-ring (bicyclic) bond motifs is 2. The number of ether oxygens (including phenoxy) is 1. The van der Waals surface area contributed by atoms with Crippen molar-refractivity contribution < 1.29 is 44.0 Å². The number of hydrogen-bond acceptors (Lipinski definition) is 6. The molecular formula is C13H14O9. The molecule has 0 aromatic carbocycles. The maximum Gasteiger partial charge on any atom is 0.310 e. The fraction of sp³-hybridized carbons (Fsp3) is 0.615. The van der Waals surface area contributed by atoms with Gasteiger partial charge in [-0.15, -0.1) is 0 Å². The summed E-state index contributed by atoms with van der Waals surface area (Å²) in [5.41, 5.74) is -4.22. The van der Waals surface area contributed by atoms with E-state index in [9.17, 15) is 34.2 Å². The topological polar surface area (TPSA) is 155 Å². The van der Waals surface area contributed by atoms with Crippen molar-refractivity contribution in [1.29, 1.82) is 0 Å². The lowest BCUT2D eigenvalue weighted by Crippen LogP contribution is -2.58. The van der Waals surface area contributed by atoms with Crippen molar-refractivity contribution in [2.75, 3.05) is 0 Å². The molecule has 9 heteroatoms. The van der Waals surface area contributed by atoms with Crippen LogP contribution < -0.4 is 0 Å². The van der Waals surface area contributed by atoms with Gasteiger partial charge in [0.05, 0.1) is 12.0 Å². The van der Waals surface area contributed by atoms with Gasteiger partial charge in [0.15, 0.2) is 11.4 Å². The number of carboxylic acid groups (broad SMARTS) is 3. The molecule has 22 heavy (non-hydrogen) atoms. The lowest BCUT2D eigenvalue weighted by atomic mass is 9.60. The number of carbonyl (C=O) groups excluding carboxylic acids is 2. The normalized spacial score (nSPS) is 39.7. The van der Waals surface area contributed by atoms with Crippen LogP contribution in [0, 0.1) is 17.8 Å². The molecule has 0 radical (unpaired) electrons. The van der Waals surface area contributed by atoms with Crippen LogP contribution in [0.15, 0.2) is 0 Å². The molecule has 0 aromatic rings. The zero-order chi connectivity index (χ0) is 17.0. The van der Waals surface area contributed by atoms with Crippen molar-refractivity contribution in [2.24, 2.45) is 17.8 Å². The summed E-state index contributed by atoms with van der Waals surface area (Å²) in [6, 6.07) is 0. The smallest absolute Gasteiger partial charge is 0.310 e. The minimum absolute atomic E-state index is 0.685. The first-order valence-electron chi connectivity index (χ1n) is 6.41. The van der Waals surface area contributed by atoms with Crippen LogP contribution in [0.25, 0.3) is 0 Å². The molecule has 120 valence electrons. The van der Waals surface area contributed by atoms with Gasteiger partial charge in [0.1, 0.15) is 23.5 Å². The lowest BCUT2D eigenvalue weighted by Gasteiger charge is -2.35. The van der Waals surface area contributed by atoms with E-state index >= 15 is 0 Å². The summed E-state index contributed by atoms with van der Waals surface area (Å²) < 4.78 is 5.38. The van der Waals surface area contributed by atoms with E-state index in [1.807, 2.05) is 0 Å².